The molecule has 0 nitrogen and oxygen atoms in total. The Bertz CT molecular complexity index is 720. The summed E-state index contributed by atoms with van der Waals surface area (Å²) in [6.07, 6.45) is 0. The highest BCUT2D eigenvalue weighted by atomic mass is 32.3. The first-order chi connectivity index (χ1) is 10.8. The molecule has 0 aromatic heterocycles. The molecule has 0 bridgehead atoms. The maximum Gasteiger partial charge on any atom is 0.0361 e. The zero-order valence-corrected chi connectivity index (χ0v) is 16.4. The summed E-state index contributed by atoms with van der Waals surface area (Å²) in [4.78, 5) is 0. The van der Waals surface area contributed by atoms with E-state index < -0.39 is 10.0 Å². The lowest BCUT2D eigenvalue weighted by atomic mass is 10.0. The van der Waals surface area contributed by atoms with Gasteiger partial charge < -0.3 is 0 Å². The van der Waals surface area contributed by atoms with Gasteiger partial charge in [-0.15, -0.1) is 0 Å². The van der Waals surface area contributed by atoms with Gasteiger partial charge in [0.25, 0.3) is 0 Å². The second kappa shape index (κ2) is 7.02. The molecule has 2 aromatic rings. The largest absolute Gasteiger partial charge is 0.170 e. The average Bonchev–Trinajstić information content (AvgIpc) is 2.48. The minimum absolute atomic E-state index is 0.616. The van der Waals surface area contributed by atoms with Gasteiger partial charge in [0.2, 0.25) is 0 Å². The van der Waals surface area contributed by atoms with Crippen LogP contribution in [-0.2, 0) is 0 Å². The van der Waals surface area contributed by atoms with Gasteiger partial charge in [-0.1, -0.05) is 83.9 Å². The monoisotopic (exact) mass is 326 g/mol. The van der Waals surface area contributed by atoms with Crippen molar-refractivity contribution in [3.63, 3.8) is 0 Å². The maximum atomic E-state index is 3.81. The van der Waals surface area contributed by atoms with E-state index in [1.807, 2.05) is 0 Å². The maximum absolute atomic E-state index is 3.81. The van der Waals surface area contributed by atoms with Gasteiger partial charge in [-0.05, 0) is 44.3 Å². The van der Waals surface area contributed by atoms with Crippen molar-refractivity contribution in [3.05, 3.63) is 47.5 Å². The number of fused-ring (bicyclic) bond motifs is 1. The number of benzene rings is 2. The minimum atomic E-state index is -0.991. The van der Waals surface area contributed by atoms with Gasteiger partial charge in [-0.3, -0.25) is 0 Å². The van der Waals surface area contributed by atoms with E-state index in [0.717, 1.165) is 0 Å². The molecule has 0 fully saturated rings. The number of hydrogen-bond donors (Lipinski definition) is 0. The van der Waals surface area contributed by atoms with Crippen molar-refractivity contribution in [3.8, 4) is 11.2 Å². The normalized spacial score (nSPS) is 12.8. The Balaban J connectivity index is 2.67. The first kappa shape index (κ1) is 18.0. The predicted molar refractivity (Wildman–Crippen MR) is 109 cm³/mol. The van der Waals surface area contributed by atoms with E-state index in [0.29, 0.717) is 15.7 Å². The van der Waals surface area contributed by atoms with E-state index in [-0.39, 0.29) is 0 Å². The Kier molecular flexibility index (Phi) is 5.48. The highest BCUT2D eigenvalue weighted by Gasteiger charge is 2.33. The molecule has 1 heteroatoms. The molecular weight excluding hydrogens is 296 g/mol. The second-order valence-electron chi connectivity index (χ2n) is 7.11. The average molecular weight is 327 g/mol. The predicted octanol–water partition coefficient (Wildman–Crippen LogP) is 6.49. The molecule has 0 unspecified atom stereocenters. The van der Waals surface area contributed by atoms with Crippen molar-refractivity contribution in [2.75, 3.05) is 0 Å². The Morgan fingerprint density at radius 1 is 0.783 bits per heavy atom. The van der Waals surface area contributed by atoms with Crippen molar-refractivity contribution < 1.29 is 0 Å². The first-order valence-corrected chi connectivity index (χ1v) is 10.4. The molecule has 0 heterocycles. The van der Waals surface area contributed by atoms with Crippen LogP contribution in [0.5, 0.6) is 0 Å². The fourth-order valence-corrected chi connectivity index (χ4v) is 7.92. The highest BCUT2D eigenvalue weighted by Crippen LogP contribution is 2.59. The van der Waals surface area contributed by atoms with Crippen LogP contribution >= 0.6 is 10.0 Å². The van der Waals surface area contributed by atoms with E-state index in [2.05, 4.69) is 96.0 Å². The summed E-state index contributed by atoms with van der Waals surface area (Å²) in [7, 11) is -0.991. The Hall–Kier alpha value is -1.39. The van der Waals surface area contributed by atoms with Crippen LogP contribution in [0.3, 0.4) is 0 Å². The molecule has 2 rings (SSSR count). The third-order valence-electron chi connectivity index (χ3n) is 4.83. The molecule has 0 aliphatic carbocycles. The number of rotatable bonds is 3. The standard InChI is InChI=1S/C22H30S/c1-16(2)23(17(3)4,18(5)6)15-14-21-19(7)12-13-20-10-8-9-11-22(20)21/h8-13,16-18H,1-7H3. The van der Waals surface area contributed by atoms with Crippen LogP contribution in [0.25, 0.3) is 10.8 Å². The fraction of sp³-hybridized carbons (Fsp3) is 0.455. The van der Waals surface area contributed by atoms with Gasteiger partial charge in [-0.25, -0.2) is 0 Å². The quantitative estimate of drug-likeness (QED) is 0.566. The van der Waals surface area contributed by atoms with E-state index in [1.165, 1.54) is 21.9 Å². The van der Waals surface area contributed by atoms with Crippen LogP contribution in [0.1, 0.15) is 52.7 Å². The van der Waals surface area contributed by atoms with Gasteiger partial charge in [0, 0.05) is 5.56 Å². The molecule has 0 aliphatic heterocycles. The summed E-state index contributed by atoms with van der Waals surface area (Å²) in [6.45, 7) is 16.3. The van der Waals surface area contributed by atoms with Crippen molar-refractivity contribution in [2.45, 2.75) is 64.2 Å². The molecule has 0 aliphatic rings. The molecule has 124 valence electrons. The Labute approximate surface area is 144 Å². The Morgan fingerprint density at radius 3 is 1.91 bits per heavy atom. The summed E-state index contributed by atoms with van der Waals surface area (Å²) in [5.74, 6) is 3.63. The third kappa shape index (κ3) is 3.29. The SMILES string of the molecule is Cc1ccc2ccccc2c1C#CS(C(C)C)(C(C)C)C(C)C. The van der Waals surface area contributed by atoms with Crippen LogP contribution in [0.4, 0.5) is 0 Å². The first-order valence-electron chi connectivity index (χ1n) is 8.61. The van der Waals surface area contributed by atoms with E-state index in [4.69, 9.17) is 0 Å². The van der Waals surface area contributed by atoms with Crippen LogP contribution in [0.15, 0.2) is 36.4 Å². The second-order valence-corrected chi connectivity index (χ2v) is 11.7. The minimum Gasteiger partial charge on any atom is -0.170 e. The zero-order chi connectivity index (χ0) is 17.2. The van der Waals surface area contributed by atoms with Crippen LogP contribution in [-0.4, -0.2) is 15.7 Å². The smallest absolute Gasteiger partial charge is 0.0361 e. The van der Waals surface area contributed by atoms with Crippen LogP contribution in [0, 0.1) is 18.1 Å². The van der Waals surface area contributed by atoms with Gasteiger partial charge >= 0.3 is 0 Å². The zero-order valence-electron chi connectivity index (χ0n) is 15.6. The summed E-state index contributed by atoms with van der Waals surface area (Å²) in [5, 5.41) is 8.22. The van der Waals surface area contributed by atoms with E-state index in [1.54, 1.807) is 0 Å². The number of hydrogen-bond acceptors (Lipinski definition) is 0. The van der Waals surface area contributed by atoms with Gasteiger partial charge in [-0.2, -0.15) is 10.0 Å². The molecule has 0 atom stereocenters. The molecule has 2 aromatic carbocycles. The van der Waals surface area contributed by atoms with Crippen molar-refractivity contribution in [2.24, 2.45) is 0 Å². The third-order valence-corrected chi connectivity index (χ3v) is 9.97. The molecule has 0 saturated heterocycles. The molecule has 0 N–H and O–H groups in total. The van der Waals surface area contributed by atoms with Gasteiger partial charge in [0.15, 0.2) is 0 Å². The summed E-state index contributed by atoms with van der Waals surface area (Å²) in [5.41, 5.74) is 2.49. The Morgan fingerprint density at radius 2 is 1.35 bits per heavy atom. The molecule has 0 amide bonds. The highest BCUT2D eigenvalue weighted by molar-refractivity contribution is 8.38. The topological polar surface area (TPSA) is 0 Å². The lowest BCUT2D eigenvalue weighted by Gasteiger charge is -2.46. The fourth-order valence-electron chi connectivity index (χ4n) is 3.67. The molecular formula is C22H30S. The van der Waals surface area contributed by atoms with Gasteiger partial charge in [0.1, 0.15) is 0 Å². The van der Waals surface area contributed by atoms with Gasteiger partial charge in [0.05, 0.1) is 0 Å². The number of aryl methyl sites for hydroxylation is 1. The lowest BCUT2D eigenvalue weighted by molar-refractivity contribution is 0.959. The van der Waals surface area contributed by atoms with Crippen molar-refractivity contribution in [1.29, 1.82) is 0 Å². The van der Waals surface area contributed by atoms with Crippen LogP contribution < -0.4 is 0 Å². The lowest BCUT2D eigenvalue weighted by Crippen LogP contribution is -2.27. The van der Waals surface area contributed by atoms with Crippen molar-refractivity contribution in [1.82, 2.24) is 0 Å². The summed E-state index contributed by atoms with van der Waals surface area (Å²) >= 11 is 0. The molecule has 0 saturated carbocycles. The van der Waals surface area contributed by atoms with Crippen LogP contribution in [0.2, 0.25) is 0 Å². The molecule has 0 radical (unpaired) electrons. The van der Waals surface area contributed by atoms with E-state index >= 15 is 0 Å². The summed E-state index contributed by atoms with van der Waals surface area (Å²) < 4.78 is 0. The summed E-state index contributed by atoms with van der Waals surface area (Å²) in [6, 6.07) is 13.0. The molecule has 23 heavy (non-hydrogen) atoms. The molecule has 0 spiro atoms. The van der Waals surface area contributed by atoms with Crippen molar-refractivity contribution >= 4 is 20.8 Å². The van der Waals surface area contributed by atoms with E-state index in [9.17, 15) is 0 Å².